The molecule has 0 bridgehead atoms. The summed E-state index contributed by atoms with van der Waals surface area (Å²) in [6.07, 6.45) is 0.888. The molecule has 0 fully saturated rings. The molecule has 1 aliphatic rings. The van der Waals surface area contributed by atoms with Crippen molar-refractivity contribution in [2.24, 2.45) is 0 Å². The number of methoxy groups -OCH3 is 3. The molecule has 0 saturated carbocycles. The molecule has 106 valence electrons. The number of aliphatic hydroxyl groups is 1. The van der Waals surface area contributed by atoms with Gasteiger partial charge in [-0.1, -0.05) is 0 Å². The first-order valence-electron chi connectivity index (χ1n) is 6.39. The van der Waals surface area contributed by atoms with E-state index < -0.39 is 0 Å². The number of aliphatic hydroxyl groups excluding tert-OH is 1. The number of ether oxygens (including phenoxy) is 3. The van der Waals surface area contributed by atoms with Gasteiger partial charge in [0.1, 0.15) is 0 Å². The predicted octanol–water partition coefficient (Wildman–Crippen LogP) is 1.06. The van der Waals surface area contributed by atoms with E-state index in [1.165, 1.54) is 11.1 Å². The molecule has 1 aliphatic heterocycles. The molecule has 0 aliphatic carbocycles. The summed E-state index contributed by atoms with van der Waals surface area (Å²) in [5.41, 5.74) is 2.35. The maximum Gasteiger partial charge on any atom is 0.203 e. The van der Waals surface area contributed by atoms with Crippen LogP contribution in [0.3, 0.4) is 0 Å². The summed E-state index contributed by atoms with van der Waals surface area (Å²) in [6.45, 7) is 2.59. The van der Waals surface area contributed by atoms with Crippen molar-refractivity contribution in [2.75, 3.05) is 41.0 Å². The molecule has 0 saturated heterocycles. The van der Waals surface area contributed by atoms with E-state index in [4.69, 9.17) is 19.3 Å². The standard InChI is InChI=1S/C14H21NO4/c1-17-12-8-10-9-15(6-7-16)5-4-11(10)13(18-2)14(12)19-3/h8,16H,4-7,9H2,1-3H3. The quantitative estimate of drug-likeness (QED) is 0.864. The average molecular weight is 267 g/mol. The molecule has 5 nitrogen and oxygen atoms in total. The molecule has 1 aromatic rings. The number of hydrogen-bond donors (Lipinski definition) is 1. The normalized spacial score (nSPS) is 14.9. The number of nitrogens with zero attached hydrogens (tertiary/aromatic N) is 1. The summed E-state index contributed by atoms with van der Waals surface area (Å²) < 4.78 is 16.3. The topological polar surface area (TPSA) is 51.2 Å². The average Bonchev–Trinajstić information content (AvgIpc) is 2.45. The van der Waals surface area contributed by atoms with Crippen LogP contribution < -0.4 is 14.2 Å². The molecule has 1 heterocycles. The molecule has 0 radical (unpaired) electrons. The van der Waals surface area contributed by atoms with Gasteiger partial charge >= 0.3 is 0 Å². The van der Waals surface area contributed by atoms with Crippen LogP contribution in [0.2, 0.25) is 0 Å². The number of rotatable bonds is 5. The molecule has 0 unspecified atom stereocenters. The highest BCUT2D eigenvalue weighted by Gasteiger charge is 2.25. The van der Waals surface area contributed by atoms with E-state index in [9.17, 15) is 0 Å². The van der Waals surface area contributed by atoms with Crippen molar-refractivity contribution < 1.29 is 19.3 Å². The molecular formula is C14H21NO4. The van der Waals surface area contributed by atoms with Crippen molar-refractivity contribution >= 4 is 0 Å². The lowest BCUT2D eigenvalue weighted by molar-refractivity contribution is 0.183. The summed E-state index contributed by atoms with van der Waals surface area (Å²) in [5, 5.41) is 9.04. The minimum Gasteiger partial charge on any atom is -0.493 e. The first-order valence-corrected chi connectivity index (χ1v) is 6.39. The van der Waals surface area contributed by atoms with Gasteiger partial charge in [0.05, 0.1) is 27.9 Å². The van der Waals surface area contributed by atoms with E-state index in [2.05, 4.69) is 4.90 Å². The smallest absolute Gasteiger partial charge is 0.203 e. The zero-order valence-corrected chi connectivity index (χ0v) is 11.7. The van der Waals surface area contributed by atoms with Crippen LogP contribution in [-0.4, -0.2) is 51.0 Å². The highest BCUT2D eigenvalue weighted by molar-refractivity contribution is 5.59. The van der Waals surface area contributed by atoms with Crippen LogP contribution in [0.5, 0.6) is 17.2 Å². The zero-order chi connectivity index (χ0) is 13.8. The minimum atomic E-state index is 0.180. The molecule has 2 rings (SSSR count). The summed E-state index contributed by atoms with van der Waals surface area (Å²) in [6, 6.07) is 2.00. The maximum absolute atomic E-state index is 9.04. The lowest BCUT2D eigenvalue weighted by Gasteiger charge is -2.30. The molecule has 19 heavy (non-hydrogen) atoms. The van der Waals surface area contributed by atoms with Crippen molar-refractivity contribution in [3.05, 3.63) is 17.2 Å². The van der Waals surface area contributed by atoms with E-state index in [1.54, 1.807) is 21.3 Å². The van der Waals surface area contributed by atoms with Gasteiger partial charge in [-0.15, -0.1) is 0 Å². The number of hydrogen-bond acceptors (Lipinski definition) is 5. The molecule has 5 heteroatoms. The van der Waals surface area contributed by atoms with Crippen molar-refractivity contribution in [1.82, 2.24) is 4.90 Å². The Kier molecular flexibility index (Phi) is 4.50. The van der Waals surface area contributed by atoms with Crippen LogP contribution in [0, 0.1) is 0 Å². The number of β-amino-alcohol motifs (C(OH)–C–C–N with tert-alkyl or cyclic N) is 1. The second-order valence-electron chi connectivity index (χ2n) is 4.53. The van der Waals surface area contributed by atoms with Crippen molar-refractivity contribution in [2.45, 2.75) is 13.0 Å². The van der Waals surface area contributed by atoms with E-state index in [1.807, 2.05) is 6.07 Å². The first kappa shape index (κ1) is 14.0. The van der Waals surface area contributed by atoms with E-state index in [-0.39, 0.29) is 6.61 Å². The van der Waals surface area contributed by atoms with Gasteiger partial charge in [-0.2, -0.15) is 0 Å². The Morgan fingerprint density at radius 1 is 1.16 bits per heavy atom. The fourth-order valence-corrected chi connectivity index (χ4v) is 2.60. The second kappa shape index (κ2) is 6.12. The summed E-state index contributed by atoms with van der Waals surface area (Å²) in [5.74, 6) is 2.10. The third kappa shape index (κ3) is 2.62. The van der Waals surface area contributed by atoms with Crippen molar-refractivity contribution in [3.63, 3.8) is 0 Å². The van der Waals surface area contributed by atoms with E-state index in [0.29, 0.717) is 18.0 Å². The van der Waals surface area contributed by atoms with Crippen molar-refractivity contribution in [3.8, 4) is 17.2 Å². The maximum atomic E-state index is 9.04. The van der Waals surface area contributed by atoms with Crippen LogP contribution in [0.1, 0.15) is 11.1 Å². The number of benzene rings is 1. The lowest BCUT2D eigenvalue weighted by atomic mass is 9.97. The summed E-state index contributed by atoms with van der Waals surface area (Å²) >= 11 is 0. The fourth-order valence-electron chi connectivity index (χ4n) is 2.60. The monoisotopic (exact) mass is 267 g/mol. The Morgan fingerprint density at radius 3 is 2.47 bits per heavy atom. The lowest BCUT2D eigenvalue weighted by Crippen LogP contribution is -2.33. The highest BCUT2D eigenvalue weighted by Crippen LogP contribution is 2.43. The van der Waals surface area contributed by atoms with E-state index in [0.717, 1.165) is 25.3 Å². The molecule has 1 N–H and O–H groups in total. The molecule has 0 spiro atoms. The van der Waals surface area contributed by atoms with Gasteiger partial charge in [0.25, 0.3) is 0 Å². The van der Waals surface area contributed by atoms with Crippen LogP contribution in [0.25, 0.3) is 0 Å². The second-order valence-corrected chi connectivity index (χ2v) is 4.53. The minimum absolute atomic E-state index is 0.180. The first-order chi connectivity index (χ1) is 9.24. The van der Waals surface area contributed by atoms with Gasteiger partial charge < -0.3 is 19.3 Å². The van der Waals surface area contributed by atoms with Crippen LogP contribution in [-0.2, 0) is 13.0 Å². The van der Waals surface area contributed by atoms with Gasteiger partial charge in [0, 0.05) is 25.2 Å². The Hall–Kier alpha value is -1.46. The Bertz CT molecular complexity index is 448. The Balaban J connectivity index is 2.42. The highest BCUT2D eigenvalue weighted by atomic mass is 16.5. The van der Waals surface area contributed by atoms with Gasteiger partial charge in [0.15, 0.2) is 11.5 Å². The van der Waals surface area contributed by atoms with Gasteiger partial charge in [0.2, 0.25) is 5.75 Å². The molecule has 0 atom stereocenters. The molecule has 0 aromatic heterocycles. The SMILES string of the molecule is COc1cc2c(c(OC)c1OC)CCN(CCO)C2. The van der Waals surface area contributed by atoms with Gasteiger partial charge in [-0.25, -0.2) is 0 Å². The summed E-state index contributed by atoms with van der Waals surface area (Å²) in [4.78, 5) is 2.22. The zero-order valence-electron chi connectivity index (χ0n) is 11.7. The Morgan fingerprint density at radius 2 is 1.89 bits per heavy atom. The van der Waals surface area contributed by atoms with Gasteiger partial charge in [-0.3, -0.25) is 4.90 Å². The number of fused-ring (bicyclic) bond motifs is 1. The molecular weight excluding hydrogens is 246 g/mol. The van der Waals surface area contributed by atoms with Crippen LogP contribution in [0.15, 0.2) is 6.07 Å². The van der Waals surface area contributed by atoms with Crippen molar-refractivity contribution in [1.29, 1.82) is 0 Å². The van der Waals surface area contributed by atoms with E-state index >= 15 is 0 Å². The third-order valence-electron chi connectivity index (χ3n) is 3.51. The predicted molar refractivity (Wildman–Crippen MR) is 72.2 cm³/mol. The summed E-state index contributed by atoms with van der Waals surface area (Å²) in [7, 11) is 4.89. The largest absolute Gasteiger partial charge is 0.493 e. The Labute approximate surface area is 113 Å². The molecule has 0 amide bonds. The van der Waals surface area contributed by atoms with Crippen LogP contribution in [0.4, 0.5) is 0 Å². The van der Waals surface area contributed by atoms with Crippen LogP contribution >= 0.6 is 0 Å². The molecule has 1 aromatic carbocycles. The fraction of sp³-hybridized carbons (Fsp3) is 0.571. The van der Waals surface area contributed by atoms with Gasteiger partial charge in [-0.05, 0) is 18.1 Å². The third-order valence-corrected chi connectivity index (χ3v) is 3.51.